The van der Waals surface area contributed by atoms with Crippen molar-refractivity contribution in [2.24, 2.45) is 5.73 Å². The lowest BCUT2D eigenvalue weighted by atomic mass is 10.2. The Morgan fingerprint density at radius 2 is 2.17 bits per heavy atom. The van der Waals surface area contributed by atoms with Gasteiger partial charge in [0.2, 0.25) is 5.91 Å². The Morgan fingerprint density at radius 1 is 1.50 bits per heavy atom. The normalized spacial score (nSPS) is 11.7. The fraction of sp³-hybridized carbons (Fsp3) is 0.300. The summed E-state index contributed by atoms with van der Waals surface area (Å²) in [5.74, 6) is -0.704. The average Bonchev–Trinajstić information content (AvgIpc) is 2.35. The van der Waals surface area contributed by atoms with Crippen LogP contribution >= 0.6 is 11.8 Å². The van der Waals surface area contributed by atoms with Crippen molar-refractivity contribution in [3.63, 3.8) is 0 Å². The number of carbonyl (C=O) groups excluding carboxylic acids is 1. The van der Waals surface area contributed by atoms with Crippen LogP contribution in [0.2, 0.25) is 0 Å². The highest BCUT2D eigenvalue weighted by Crippen LogP contribution is 2.18. The van der Waals surface area contributed by atoms with E-state index in [4.69, 9.17) is 22.2 Å². The van der Waals surface area contributed by atoms with Gasteiger partial charge in [-0.15, -0.1) is 3.82 Å². The summed E-state index contributed by atoms with van der Waals surface area (Å²) in [5.41, 5.74) is 5.19. The minimum Gasteiger partial charge on any atom is -0.383 e. The lowest BCUT2D eigenvalue weighted by Crippen LogP contribution is -2.25. The minimum atomic E-state index is -3.86. The van der Waals surface area contributed by atoms with E-state index in [1.165, 1.54) is 31.4 Å². The molecule has 0 aliphatic carbocycles. The van der Waals surface area contributed by atoms with E-state index in [-0.39, 0.29) is 23.6 Å². The van der Waals surface area contributed by atoms with E-state index in [9.17, 15) is 13.2 Å². The Labute approximate surface area is 110 Å². The molecular weight excluding hydrogens is 280 g/mol. The molecule has 0 saturated heterocycles. The second-order valence-electron chi connectivity index (χ2n) is 3.40. The molecule has 1 aromatic rings. The van der Waals surface area contributed by atoms with Crippen molar-refractivity contribution in [1.29, 1.82) is 0 Å². The first-order valence-corrected chi connectivity index (χ1v) is 6.74. The molecule has 0 aliphatic heterocycles. The van der Waals surface area contributed by atoms with Gasteiger partial charge in [0, 0.05) is 12.7 Å². The van der Waals surface area contributed by atoms with Gasteiger partial charge in [-0.2, -0.15) is 0 Å². The second kappa shape index (κ2) is 6.14. The summed E-state index contributed by atoms with van der Waals surface area (Å²) in [6.07, 6.45) is 0. The number of primary amides is 1. The summed E-state index contributed by atoms with van der Waals surface area (Å²) in [6, 6.07) is 5.37. The standard InChI is InChI=1S/C10H13ClN2O4S/c1-17-6-5-13(11)18(15,16)9-4-2-3-8(7-9)10(12)14/h2-4,7H,5-6H2,1H3,(H2,12,14). The molecule has 0 radical (unpaired) electrons. The van der Waals surface area contributed by atoms with Crippen molar-refractivity contribution >= 4 is 27.7 Å². The summed E-state index contributed by atoms with van der Waals surface area (Å²) in [6.45, 7) is 0.166. The van der Waals surface area contributed by atoms with E-state index < -0.39 is 15.9 Å². The van der Waals surface area contributed by atoms with Crippen molar-refractivity contribution in [3.05, 3.63) is 29.8 Å². The molecule has 0 fully saturated rings. The SMILES string of the molecule is COCCN(Cl)S(=O)(=O)c1cccc(C(N)=O)c1. The van der Waals surface area contributed by atoms with Crippen LogP contribution in [0, 0.1) is 0 Å². The number of nitrogens with two attached hydrogens (primary N) is 1. The summed E-state index contributed by atoms with van der Waals surface area (Å²) in [4.78, 5) is 10.9. The monoisotopic (exact) mass is 292 g/mol. The molecule has 0 bridgehead atoms. The molecule has 1 aromatic carbocycles. The van der Waals surface area contributed by atoms with E-state index in [0.29, 0.717) is 3.82 Å². The molecule has 100 valence electrons. The number of sulfonamides is 1. The third-order valence-corrected chi connectivity index (χ3v) is 4.42. The molecule has 8 heteroatoms. The fourth-order valence-electron chi connectivity index (χ4n) is 1.21. The van der Waals surface area contributed by atoms with Gasteiger partial charge in [-0.25, -0.2) is 8.42 Å². The predicted molar refractivity (Wildman–Crippen MR) is 66.6 cm³/mol. The third kappa shape index (κ3) is 3.42. The highest BCUT2D eigenvalue weighted by atomic mass is 35.5. The maximum absolute atomic E-state index is 12.0. The number of ether oxygens (including phenoxy) is 1. The number of nitrogens with zero attached hydrogens (tertiary/aromatic N) is 1. The van der Waals surface area contributed by atoms with Crippen LogP contribution in [0.3, 0.4) is 0 Å². The van der Waals surface area contributed by atoms with Gasteiger partial charge in [-0.3, -0.25) is 4.79 Å². The Bertz CT molecular complexity index is 532. The van der Waals surface area contributed by atoms with Crippen LogP contribution in [-0.2, 0) is 14.8 Å². The average molecular weight is 293 g/mol. The molecule has 0 spiro atoms. The molecule has 0 unspecified atom stereocenters. The molecule has 0 saturated carbocycles. The topological polar surface area (TPSA) is 89.7 Å². The van der Waals surface area contributed by atoms with Crippen molar-refractivity contribution in [2.75, 3.05) is 20.3 Å². The van der Waals surface area contributed by atoms with Gasteiger partial charge < -0.3 is 10.5 Å². The highest BCUT2D eigenvalue weighted by molar-refractivity contribution is 7.90. The van der Waals surface area contributed by atoms with Crippen LogP contribution in [0.15, 0.2) is 29.2 Å². The number of carbonyl (C=O) groups is 1. The van der Waals surface area contributed by atoms with Crippen molar-refractivity contribution < 1.29 is 17.9 Å². The lowest BCUT2D eigenvalue weighted by molar-refractivity contribution is 0.1000. The van der Waals surface area contributed by atoms with Gasteiger partial charge in [0.1, 0.15) is 0 Å². The predicted octanol–water partition coefficient (Wildman–Crippen LogP) is 0.576. The number of amides is 1. The first kappa shape index (κ1) is 14.9. The van der Waals surface area contributed by atoms with Gasteiger partial charge in [0.05, 0.1) is 18.0 Å². The van der Waals surface area contributed by atoms with E-state index in [1.807, 2.05) is 0 Å². The van der Waals surface area contributed by atoms with Crippen molar-refractivity contribution in [3.8, 4) is 0 Å². The zero-order valence-electron chi connectivity index (χ0n) is 9.67. The molecule has 1 rings (SSSR count). The van der Waals surface area contributed by atoms with Crippen LogP contribution in [0.1, 0.15) is 10.4 Å². The van der Waals surface area contributed by atoms with E-state index in [2.05, 4.69) is 0 Å². The van der Waals surface area contributed by atoms with E-state index in [1.54, 1.807) is 0 Å². The van der Waals surface area contributed by atoms with Gasteiger partial charge >= 0.3 is 0 Å². The van der Waals surface area contributed by atoms with E-state index >= 15 is 0 Å². The van der Waals surface area contributed by atoms with Crippen LogP contribution < -0.4 is 5.73 Å². The second-order valence-corrected chi connectivity index (χ2v) is 5.87. The van der Waals surface area contributed by atoms with Crippen LogP contribution in [0.5, 0.6) is 0 Å². The van der Waals surface area contributed by atoms with Gasteiger partial charge in [0.25, 0.3) is 10.0 Å². The summed E-state index contributed by atoms with van der Waals surface area (Å²) < 4.78 is 29.4. The zero-order valence-corrected chi connectivity index (χ0v) is 11.2. The number of hydrogen-bond donors (Lipinski definition) is 1. The molecule has 1 amide bonds. The smallest absolute Gasteiger partial charge is 0.256 e. The largest absolute Gasteiger partial charge is 0.383 e. The molecule has 0 atom stereocenters. The minimum absolute atomic E-state index is 0.00118. The Hall–Kier alpha value is -1.15. The number of benzene rings is 1. The summed E-state index contributed by atoms with van der Waals surface area (Å²) >= 11 is 5.67. The maximum Gasteiger partial charge on any atom is 0.256 e. The molecule has 2 N–H and O–H groups in total. The number of halogens is 1. The lowest BCUT2D eigenvalue weighted by Gasteiger charge is -2.14. The molecular formula is C10H13ClN2O4S. The van der Waals surface area contributed by atoms with Crippen molar-refractivity contribution in [2.45, 2.75) is 4.90 Å². The summed E-state index contributed by atoms with van der Waals surface area (Å²) in [7, 11) is -2.42. The van der Waals surface area contributed by atoms with Gasteiger partial charge in [-0.1, -0.05) is 6.07 Å². The van der Waals surface area contributed by atoms with Crippen LogP contribution in [-0.4, -0.2) is 38.4 Å². The van der Waals surface area contributed by atoms with Crippen LogP contribution in [0.4, 0.5) is 0 Å². The molecule has 18 heavy (non-hydrogen) atoms. The summed E-state index contributed by atoms with van der Waals surface area (Å²) in [5, 5.41) is 0. The third-order valence-electron chi connectivity index (χ3n) is 2.15. The Balaban J connectivity index is 3.04. The van der Waals surface area contributed by atoms with Gasteiger partial charge in [-0.05, 0) is 30.0 Å². The Kier molecular flexibility index (Phi) is 5.09. The van der Waals surface area contributed by atoms with Crippen molar-refractivity contribution in [1.82, 2.24) is 3.82 Å². The quantitative estimate of drug-likeness (QED) is 0.777. The molecule has 6 nitrogen and oxygen atoms in total. The highest BCUT2D eigenvalue weighted by Gasteiger charge is 2.23. The fourth-order valence-corrected chi connectivity index (χ4v) is 2.59. The zero-order chi connectivity index (χ0) is 13.8. The van der Waals surface area contributed by atoms with Gasteiger partial charge in [0.15, 0.2) is 0 Å². The molecule has 0 aliphatic rings. The number of methoxy groups -OCH3 is 1. The maximum atomic E-state index is 12.0. The Morgan fingerprint density at radius 3 is 2.72 bits per heavy atom. The van der Waals surface area contributed by atoms with Crippen LogP contribution in [0.25, 0.3) is 0 Å². The first-order chi connectivity index (χ1) is 8.39. The molecule has 0 heterocycles. The first-order valence-electron chi connectivity index (χ1n) is 4.97. The number of hydrogen-bond acceptors (Lipinski definition) is 4. The van der Waals surface area contributed by atoms with E-state index in [0.717, 1.165) is 0 Å². The number of rotatable bonds is 6. The molecule has 0 aromatic heterocycles.